The van der Waals surface area contributed by atoms with Crippen LogP contribution in [-0.2, 0) is 9.53 Å². The summed E-state index contributed by atoms with van der Waals surface area (Å²) in [6.45, 7) is 1.45. The first kappa shape index (κ1) is 9.89. The van der Waals surface area contributed by atoms with E-state index in [1.165, 1.54) is 6.92 Å². The molecule has 0 bridgehead atoms. The van der Waals surface area contributed by atoms with Crippen LogP contribution in [0.1, 0.15) is 6.92 Å². The largest absolute Gasteiger partial charge is 0.468 e. The summed E-state index contributed by atoms with van der Waals surface area (Å²) in [4.78, 5) is 10.9. The van der Waals surface area contributed by atoms with Crippen molar-refractivity contribution >= 4 is 5.97 Å². The van der Waals surface area contributed by atoms with Gasteiger partial charge >= 0.3 is 5.97 Å². The summed E-state index contributed by atoms with van der Waals surface area (Å²) < 4.78 is 30.4. The zero-order valence-electron chi connectivity index (χ0n) is 7.38. The molecule has 0 amide bonds. The highest BCUT2D eigenvalue weighted by Gasteiger charge is 2.30. The molecule has 1 rings (SSSR count). The molecule has 1 aliphatic carbocycles. The van der Waals surface area contributed by atoms with E-state index in [-0.39, 0.29) is 5.57 Å². The van der Waals surface area contributed by atoms with Crippen LogP contribution in [0, 0.1) is 5.92 Å². The zero-order chi connectivity index (χ0) is 10.0. The van der Waals surface area contributed by atoms with Crippen molar-refractivity contribution in [2.24, 2.45) is 5.92 Å². The van der Waals surface area contributed by atoms with Crippen molar-refractivity contribution in [2.45, 2.75) is 13.1 Å². The lowest BCUT2D eigenvalue weighted by molar-refractivity contribution is -0.145. The molecule has 0 aromatic carbocycles. The molecule has 2 unspecified atom stereocenters. The van der Waals surface area contributed by atoms with Gasteiger partial charge in [0.05, 0.1) is 7.11 Å². The molecular formula is C9H10F2O2. The van der Waals surface area contributed by atoms with E-state index in [1.807, 2.05) is 0 Å². The average Bonchev–Trinajstić information content (AvgIpc) is 2.10. The van der Waals surface area contributed by atoms with Crippen LogP contribution in [-0.4, -0.2) is 19.3 Å². The predicted octanol–water partition coefficient (Wildman–Crippen LogP) is 1.93. The number of hydrogen-bond donors (Lipinski definition) is 0. The molecule has 0 heterocycles. The van der Waals surface area contributed by atoms with Crippen molar-refractivity contribution in [3.8, 4) is 0 Å². The Morgan fingerprint density at radius 3 is 2.69 bits per heavy atom. The first-order valence-corrected chi connectivity index (χ1v) is 3.84. The number of carbonyl (C=O) groups excluding carboxylic acids is 1. The minimum atomic E-state index is -1.49. The molecule has 2 nitrogen and oxygen atoms in total. The molecule has 0 spiro atoms. The average molecular weight is 188 g/mol. The summed E-state index contributed by atoms with van der Waals surface area (Å²) in [5.41, 5.74) is 0.215. The van der Waals surface area contributed by atoms with Crippen LogP contribution in [0.25, 0.3) is 0 Å². The number of methoxy groups -OCH3 is 1. The molecule has 0 N–H and O–H groups in total. The van der Waals surface area contributed by atoms with E-state index in [0.717, 1.165) is 19.3 Å². The second-order valence-corrected chi connectivity index (χ2v) is 2.86. The van der Waals surface area contributed by atoms with E-state index in [4.69, 9.17) is 0 Å². The van der Waals surface area contributed by atoms with Gasteiger partial charge in [0.2, 0.25) is 0 Å². The molecule has 0 aliphatic heterocycles. The Balaban J connectivity index is 2.87. The Hall–Kier alpha value is -1.19. The second-order valence-electron chi connectivity index (χ2n) is 2.86. The summed E-state index contributed by atoms with van der Waals surface area (Å²) >= 11 is 0. The SMILES string of the molecule is COC(=O)C1C=C(F)C(C)=CC1F. The Bertz CT molecular complexity index is 281. The topological polar surface area (TPSA) is 26.3 Å². The maximum absolute atomic E-state index is 13.1. The van der Waals surface area contributed by atoms with Gasteiger partial charge in [0.25, 0.3) is 0 Å². The third-order valence-electron chi connectivity index (χ3n) is 1.93. The van der Waals surface area contributed by atoms with Crippen LogP contribution >= 0.6 is 0 Å². The number of hydrogen-bond acceptors (Lipinski definition) is 2. The van der Waals surface area contributed by atoms with Gasteiger partial charge in [0.1, 0.15) is 17.9 Å². The predicted molar refractivity (Wildman–Crippen MR) is 43.4 cm³/mol. The Labute approximate surface area is 74.9 Å². The highest BCUT2D eigenvalue weighted by molar-refractivity contribution is 5.76. The summed E-state index contributed by atoms with van der Waals surface area (Å²) in [6, 6.07) is 0. The van der Waals surface area contributed by atoms with Crippen LogP contribution in [0.2, 0.25) is 0 Å². The number of carbonyl (C=O) groups is 1. The fourth-order valence-electron chi connectivity index (χ4n) is 1.14. The van der Waals surface area contributed by atoms with Crippen LogP contribution in [0.5, 0.6) is 0 Å². The van der Waals surface area contributed by atoms with Gasteiger partial charge in [-0.15, -0.1) is 0 Å². The Morgan fingerprint density at radius 2 is 2.15 bits per heavy atom. The lowest BCUT2D eigenvalue weighted by Gasteiger charge is -2.17. The molecule has 0 saturated heterocycles. The van der Waals surface area contributed by atoms with Gasteiger partial charge in [0, 0.05) is 0 Å². The normalized spacial score (nSPS) is 27.7. The lowest BCUT2D eigenvalue weighted by Crippen LogP contribution is -2.25. The smallest absolute Gasteiger partial charge is 0.315 e. The van der Waals surface area contributed by atoms with Crippen LogP contribution < -0.4 is 0 Å². The molecule has 0 fully saturated rings. The van der Waals surface area contributed by atoms with Gasteiger partial charge in [-0.2, -0.15) is 0 Å². The second kappa shape index (κ2) is 3.68. The minimum absolute atomic E-state index is 0.215. The van der Waals surface area contributed by atoms with Crippen molar-refractivity contribution in [3.63, 3.8) is 0 Å². The highest BCUT2D eigenvalue weighted by atomic mass is 19.1. The van der Waals surface area contributed by atoms with Gasteiger partial charge in [-0.1, -0.05) is 0 Å². The number of halogens is 2. The maximum Gasteiger partial charge on any atom is 0.315 e. The van der Waals surface area contributed by atoms with Gasteiger partial charge in [-0.3, -0.25) is 4.79 Å². The molecule has 0 radical (unpaired) electrons. The summed E-state index contributed by atoms with van der Waals surface area (Å²) in [5.74, 6) is -2.47. The van der Waals surface area contributed by atoms with Gasteiger partial charge in [-0.25, -0.2) is 8.78 Å². The standard InChI is InChI=1S/C9H10F2O2/c1-5-3-8(11)6(4-7(5)10)9(12)13-2/h3-4,6,8H,1-2H3. The third-order valence-corrected chi connectivity index (χ3v) is 1.93. The van der Waals surface area contributed by atoms with E-state index in [0.29, 0.717) is 0 Å². The van der Waals surface area contributed by atoms with Gasteiger partial charge in [0.15, 0.2) is 0 Å². The Kier molecular flexibility index (Phi) is 2.80. The molecule has 2 atom stereocenters. The molecular weight excluding hydrogens is 178 g/mol. The summed E-state index contributed by atoms with van der Waals surface area (Å²) in [7, 11) is 1.14. The summed E-state index contributed by atoms with van der Waals surface area (Å²) in [5, 5.41) is 0. The van der Waals surface area contributed by atoms with Crippen LogP contribution in [0.3, 0.4) is 0 Å². The number of rotatable bonds is 1. The first-order chi connectivity index (χ1) is 6.06. The highest BCUT2D eigenvalue weighted by Crippen LogP contribution is 2.26. The lowest BCUT2D eigenvalue weighted by atomic mass is 9.95. The van der Waals surface area contributed by atoms with E-state index in [2.05, 4.69) is 4.74 Å². The number of ether oxygens (including phenoxy) is 1. The van der Waals surface area contributed by atoms with E-state index in [1.54, 1.807) is 0 Å². The number of alkyl halides is 1. The van der Waals surface area contributed by atoms with Crippen molar-refractivity contribution in [1.29, 1.82) is 0 Å². The molecule has 4 heteroatoms. The molecule has 72 valence electrons. The quantitative estimate of drug-likeness (QED) is 0.588. The van der Waals surface area contributed by atoms with Crippen molar-refractivity contribution < 1.29 is 18.3 Å². The zero-order valence-corrected chi connectivity index (χ0v) is 7.38. The number of esters is 1. The van der Waals surface area contributed by atoms with E-state index in [9.17, 15) is 13.6 Å². The van der Waals surface area contributed by atoms with Crippen LogP contribution in [0.15, 0.2) is 23.6 Å². The molecule has 13 heavy (non-hydrogen) atoms. The first-order valence-electron chi connectivity index (χ1n) is 3.84. The fourth-order valence-corrected chi connectivity index (χ4v) is 1.14. The van der Waals surface area contributed by atoms with E-state index < -0.39 is 23.9 Å². The fraction of sp³-hybridized carbons (Fsp3) is 0.444. The molecule has 0 aromatic rings. The molecule has 1 aliphatic rings. The molecule has 0 aromatic heterocycles. The number of allylic oxidation sites excluding steroid dienone is 3. The summed E-state index contributed by atoms with van der Waals surface area (Å²) in [6.07, 6.45) is 0.537. The third kappa shape index (κ3) is 1.94. The van der Waals surface area contributed by atoms with Crippen LogP contribution in [0.4, 0.5) is 8.78 Å². The van der Waals surface area contributed by atoms with Crippen molar-refractivity contribution in [1.82, 2.24) is 0 Å². The van der Waals surface area contributed by atoms with Crippen molar-refractivity contribution in [3.05, 3.63) is 23.6 Å². The van der Waals surface area contributed by atoms with E-state index >= 15 is 0 Å². The maximum atomic E-state index is 13.1. The Morgan fingerprint density at radius 1 is 1.54 bits per heavy atom. The van der Waals surface area contributed by atoms with Gasteiger partial charge in [-0.05, 0) is 24.6 Å². The van der Waals surface area contributed by atoms with Gasteiger partial charge < -0.3 is 4.74 Å². The molecule has 0 saturated carbocycles. The monoisotopic (exact) mass is 188 g/mol. The van der Waals surface area contributed by atoms with Crippen molar-refractivity contribution in [2.75, 3.05) is 7.11 Å². The minimum Gasteiger partial charge on any atom is -0.468 e.